The van der Waals surface area contributed by atoms with Crippen molar-refractivity contribution < 1.29 is 41.4 Å². The molecular weight excluding hydrogens is 487 g/mol. The number of ether oxygens (including phenoxy) is 1. The Labute approximate surface area is 202 Å². The Morgan fingerprint density at radius 3 is 2.25 bits per heavy atom. The third-order valence-electron chi connectivity index (χ3n) is 5.03. The topological polar surface area (TPSA) is 78.9 Å². The van der Waals surface area contributed by atoms with Crippen LogP contribution in [-0.4, -0.2) is 36.0 Å². The Balaban J connectivity index is 2.04. The van der Waals surface area contributed by atoms with Crippen LogP contribution < -0.4 is 10.1 Å². The van der Waals surface area contributed by atoms with E-state index >= 15 is 0 Å². The molecule has 3 rings (SSSR count). The molecule has 6 nitrogen and oxygen atoms in total. The van der Waals surface area contributed by atoms with Crippen molar-refractivity contribution in [1.82, 2.24) is 4.90 Å². The van der Waals surface area contributed by atoms with Gasteiger partial charge in [-0.2, -0.15) is 13.2 Å². The minimum absolute atomic E-state index is 0.0129. The number of nitrogens with zero attached hydrogens (tertiary/aromatic N) is 1. The highest BCUT2D eigenvalue weighted by molar-refractivity contribution is 6.07. The van der Waals surface area contributed by atoms with Gasteiger partial charge in [0, 0.05) is 17.8 Å². The molecule has 0 aromatic heterocycles. The van der Waals surface area contributed by atoms with Crippen LogP contribution in [0.4, 0.5) is 27.6 Å². The second-order valence-electron chi connectivity index (χ2n) is 8.21. The Morgan fingerprint density at radius 2 is 1.67 bits per heavy atom. The van der Waals surface area contributed by atoms with Crippen molar-refractivity contribution in [2.45, 2.75) is 19.6 Å². The van der Waals surface area contributed by atoms with E-state index in [9.17, 15) is 36.6 Å². The van der Waals surface area contributed by atoms with Gasteiger partial charge in [0.1, 0.15) is 23.1 Å². The maximum absolute atomic E-state index is 14.6. The number of alkyl halides is 3. The molecule has 0 radical (unpaired) electrons. The van der Waals surface area contributed by atoms with Gasteiger partial charge in [0.2, 0.25) is 0 Å². The molecule has 11 heteroatoms. The number of hydrogen-bond acceptors (Lipinski definition) is 4. The molecule has 0 aliphatic rings. The van der Waals surface area contributed by atoms with Crippen molar-refractivity contribution in [3.8, 4) is 11.5 Å². The average Bonchev–Trinajstić information content (AvgIpc) is 2.76. The van der Waals surface area contributed by atoms with Crippen LogP contribution in [0.3, 0.4) is 0 Å². The largest absolute Gasteiger partial charge is 0.478 e. The number of rotatable bonds is 7. The number of halogens is 5. The normalized spacial score (nSPS) is 11.5. The molecule has 0 spiro atoms. The monoisotopic (exact) mass is 508 g/mol. The number of aryl methyl sites for hydroxylation is 1. The summed E-state index contributed by atoms with van der Waals surface area (Å²) < 4.78 is 73.6. The number of carbonyl (C=O) groups excluding carboxylic acids is 1. The number of carboxylic acid groups (broad SMARTS) is 1. The van der Waals surface area contributed by atoms with Gasteiger partial charge in [0.15, 0.2) is 0 Å². The third kappa shape index (κ3) is 6.16. The summed E-state index contributed by atoms with van der Waals surface area (Å²) >= 11 is 0. The molecule has 0 unspecified atom stereocenters. The van der Waals surface area contributed by atoms with E-state index in [0.717, 1.165) is 24.3 Å². The maximum Gasteiger partial charge on any atom is 0.416 e. The van der Waals surface area contributed by atoms with Gasteiger partial charge in [-0.05, 0) is 75.1 Å². The van der Waals surface area contributed by atoms with E-state index in [1.165, 1.54) is 19.1 Å². The Hall–Kier alpha value is -3.99. The fourth-order valence-corrected chi connectivity index (χ4v) is 3.38. The van der Waals surface area contributed by atoms with Gasteiger partial charge in [0.05, 0.1) is 16.7 Å². The second-order valence-corrected chi connectivity index (χ2v) is 8.21. The van der Waals surface area contributed by atoms with Gasteiger partial charge in [-0.25, -0.2) is 13.6 Å². The van der Waals surface area contributed by atoms with Crippen molar-refractivity contribution in [2.75, 3.05) is 19.4 Å². The molecule has 1 amide bonds. The molecule has 0 aliphatic heterocycles. The lowest BCUT2D eigenvalue weighted by molar-refractivity contribution is -0.137. The third-order valence-corrected chi connectivity index (χ3v) is 5.03. The molecule has 0 atom stereocenters. The summed E-state index contributed by atoms with van der Waals surface area (Å²) in [5, 5.41) is 11.7. The van der Waals surface area contributed by atoms with Crippen LogP contribution >= 0.6 is 0 Å². The molecule has 0 fully saturated rings. The maximum atomic E-state index is 14.6. The number of hydrogen-bond donors (Lipinski definition) is 2. The lowest BCUT2D eigenvalue weighted by Crippen LogP contribution is -2.17. The molecule has 0 heterocycles. The van der Waals surface area contributed by atoms with Crippen LogP contribution in [0.5, 0.6) is 11.5 Å². The number of benzene rings is 3. The first-order chi connectivity index (χ1) is 16.8. The molecule has 190 valence electrons. The predicted molar refractivity (Wildman–Crippen MR) is 121 cm³/mol. The summed E-state index contributed by atoms with van der Waals surface area (Å²) in [7, 11) is 3.27. The zero-order chi connectivity index (χ0) is 26.8. The molecule has 0 bridgehead atoms. The van der Waals surface area contributed by atoms with Crippen LogP contribution in [0.2, 0.25) is 0 Å². The lowest BCUT2D eigenvalue weighted by atomic mass is 10.1. The SMILES string of the molecule is Cc1cc(F)ccc1Oc1cc(C(F)(F)F)ccc1C(=O)Nc1cc(CN(C)C)c(F)c(C(=O)O)c1. The van der Waals surface area contributed by atoms with Gasteiger partial charge in [-0.15, -0.1) is 0 Å². The van der Waals surface area contributed by atoms with Crippen molar-refractivity contribution in [3.05, 3.63) is 88.0 Å². The summed E-state index contributed by atoms with van der Waals surface area (Å²) in [6.07, 6.45) is -4.74. The fourth-order valence-electron chi connectivity index (χ4n) is 3.38. The first-order valence-corrected chi connectivity index (χ1v) is 10.4. The molecule has 0 saturated heterocycles. The van der Waals surface area contributed by atoms with E-state index in [-0.39, 0.29) is 34.7 Å². The van der Waals surface area contributed by atoms with Crippen LogP contribution in [-0.2, 0) is 12.7 Å². The molecule has 0 saturated carbocycles. The Bertz CT molecular complexity index is 1320. The predicted octanol–water partition coefficient (Wildman–Crippen LogP) is 6.10. The van der Waals surface area contributed by atoms with Gasteiger partial charge < -0.3 is 20.1 Å². The summed E-state index contributed by atoms with van der Waals surface area (Å²) in [5.74, 6) is -4.49. The van der Waals surface area contributed by atoms with E-state index in [4.69, 9.17) is 4.74 Å². The molecule has 2 N–H and O–H groups in total. The summed E-state index contributed by atoms with van der Waals surface area (Å²) in [4.78, 5) is 26.1. The first-order valence-electron chi connectivity index (χ1n) is 10.4. The summed E-state index contributed by atoms with van der Waals surface area (Å²) in [5.41, 5.74) is -1.91. The highest BCUT2D eigenvalue weighted by Crippen LogP contribution is 2.36. The molecule has 0 aliphatic carbocycles. The van der Waals surface area contributed by atoms with Crippen LogP contribution in [0.1, 0.15) is 37.4 Å². The van der Waals surface area contributed by atoms with Crippen LogP contribution in [0, 0.1) is 18.6 Å². The lowest BCUT2D eigenvalue weighted by Gasteiger charge is -2.17. The van der Waals surface area contributed by atoms with Crippen molar-refractivity contribution in [2.24, 2.45) is 0 Å². The van der Waals surface area contributed by atoms with E-state index in [1.54, 1.807) is 19.0 Å². The molecule has 36 heavy (non-hydrogen) atoms. The highest BCUT2D eigenvalue weighted by Gasteiger charge is 2.32. The van der Waals surface area contributed by atoms with Crippen molar-refractivity contribution in [1.29, 1.82) is 0 Å². The van der Waals surface area contributed by atoms with Gasteiger partial charge in [-0.3, -0.25) is 4.79 Å². The number of aromatic carboxylic acids is 1. The van der Waals surface area contributed by atoms with Gasteiger partial charge in [-0.1, -0.05) is 0 Å². The van der Waals surface area contributed by atoms with E-state index < -0.39 is 46.6 Å². The number of amides is 1. The van der Waals surface area contributed by atoms with E-state index in [0.29, 0.717) is 12.1 Å². The van der Waals surface area contributed by atoms with Gasteiger partial charge >= 0.3 is 12.1 Å². The van der Waals surface area contributed by atoms with Gasteiger partial charge in [0.25, 0.3) is 5.91 Å². The zero-order valence-corrected chi connectivity index (χ0v) is 19.3. The Morgan fingerprint density at radius 1 is 0.972 bits per heavy atom. The number of anilines is 1. The minimum Gasteiger partial charge on any atom is -0.478 e. The second kappa shape index (κ2) is 10.3. The van der Waals surface area contributed by atoms with Crippen LogP contribution in [0.25, 0.3) is 0 Å². The zero-order valence-electron chi connectivity index (χ0n) is 19.3. The smallest absolute Gasteiger partial charge is 0.416 e. The number of nitrogens with one attached hydrogen (secondary N) is 1. The first kappa shape index (κ1) is 26.6. The van der Waals surface area contributed by atoms with E-state index in [2.05, 4.69) is 5.32 Å². The minimum atomic E-state index is -4.74. The van der Waals surface area contributed by atoms with Crippen LogP contribution in [0.15, 0.2) is 48.5 Å². The highest BCUT2D eigenvalue weighted by atomic mass is 19.4. The Kier molecular flexibility index (Phi) is 7.63. The van der Waals surface area contributed by atoms with Crippen molar-refractivity contribution in [3.63, 3.8) is 0 Å². The molecule has 3 aromatic carbocycles. The molecule has 3 aromatic rings. The van der Waals surface area contributed by atoms with E-state index in [1.807, 2.05) is 0 Å². The summed E-state index contributed by atoms with van der Waals surface area (Å²) in [6, 6.07) is 7.72. The average molecular weight is 508 g/mol. The number of carbonyl (C=O) groups is 2. The van der Waals surface area contributed by atoms with Crippen molar-refractivity contribution >= 4 is 17.6 Å². The quantitative estimate of drug-likeness (QED) is 0.378. The fraction of sp³-hybridized carbons (Fsp3) is 0.200. The number of carboxylic acids is 1. The summed E-state index contributed by atoms with van der Waals surface area (Å²) in [6.45, 7) is 1.50. The molecular formula is C25H21F5N2O4. The standard InChI is InChI=1S/C25H21F5N2O4/c1-13-8-16(26)5-7-20(13)36-21-10-15(25(28,29)30)4-6-18(21)23(33)31-17-9-14(12-32(2)3)22(27)19(11-17)24(34)35/h4-11H,12H2,1-3H3,(H,31,33)(H,34,35).